The molecule has 0 saturated heterocycles. The van der Waals surface area contributed by atoms with Gasteiger partial charge in [-0.15, -0.1) is 11.6 Å². The molecule has 3 unspecified atom stereocenters. The minimum Gasteiger partial charge on any atom is -0.480 e. The van der Waals surface area contributed by atoms with Crippen molar-refractivity contribution in [3.8, 4) is 11.5 Å². The van der Waals surface area contributed by atoms with Crippen LogP contribution in [0.2, 0.25) is 5.02 Å². The van der Waals surface area contributed by atoms with Gasteiger partial charge in [-0.2, -0.15) is 13.2 Å². The normalized spacial score (nSPS) is 13.8. The second-order valence-corrected chi connectivity index (χ2v) is 21.5. The fourth-order valence-corrected chi connectivity index (χ4v) is 8.62. The topological polar surface area (TPSA) is 286 Å². The lowest BCUT2D eigenvalue weighted by atomic mass is 10.0. The number of carboxylic acid groups (broad SMARTS) is 1. The number of amides is 1. The second kappa shape index (κ2) is 26.7. The van der Waals surface area contributed by atoms with E-state index in [-0.39, 0.29) is 69.6 Å². The van der Waals surface area contributed by atoms with Gasteiger partial charge in [-0.1, -0.05) is 60.1 Å². The third-order valence-electron chi connectivity index (χ3n) is 10.4. The first kappa shape index (κ1) is 60.4. The van der Waals surface area contributed by atoms with Crippen LogP contribution >= 0.6 is 30.6 Å². The van der Waals surface area contributed by atoms with Crippen LogP contribution in [0.4, 0.5) is 30.2 Å². The molecular weight excluding hydrogens is 1030 g/mol. The summed E-state index contributed by atoms with van der Waals surface area (Å²) < 4.78 is 88.6. The summed E-state index contributed by atoms with van der Waals surface area (Å²) in [6.07, 6.45) is -0.266. The number of hydrogen-bond acceptors (Lipinski definition) is 14. The highest BCUT2D eigenvalue weighted by atomic mass is 35.5. The molecule has 25 heteroatoms. The predicted octanol–water partition coefficient (Wildman–Crippen LogP) is 9.68. The fourth-order valence-electron chi connectivity index (χ4n) is 6.64. The van der Waals surface area contributed by atoms with Crippen LogP contribution in [0.1, 0.15) is 77.4 Å². The summed E-state index contributed by atoms with van der Waals surface area (Å²) in [6.45, 7) is 7.74. The van der Waals surface area contributed by atoms with Crippen LogP contribution < -0.4 is 21.1 Å². The lowest BCUT2D eigenvalue weighted by molar-refractivity contribution is -0.383. The molecule has 4 aromatic carbocycles. The molecule has 0 aliphatic heterocycles. The number of ketones is 1. The van der Waals surface area contributed by atoms with Crippen molar-refractivity contribution in [3.05, 3.63) is 134 Å². The number of methoxy groups -OCH3 is 1. The zero-order chi connectivity index (χ0) is 54.3. The molecule has 3 atom stereocenters. The Morgan fingerprint density at radius 3 is 2.22 bits per heavy atom. The van der Waals surface area contributed by atoms with Crippen LogP contribution in [0.25, 0.3) is 0 Å². The molecule has 1 aromatic heterocycles. The Labute approximate surface area is 423 Å². The number of ether oxygens (including phenoxy) is 2. The molecule has 1 amide bonds. The Hall–Kier alpha value is -5.87. The van der Waals surface area contributed by atoms with Crippen molar-refractivity contribution in [1.29, 1.82) is 0 Å². The van der Waals surface area contributed by atoms with Gasteiger partial charge < -0.3 is 40.4 Å². The zero-order valence-corrected chi connectivity index (χ0v) is 43.1. The highest BCUT2D eigenvalue weighted by molar-refractivity contribution is 7.90. The van der Waals surface area contributed by atoms with Crippen molar-refractivity contribution in [2.24, 2.45) is 5.73 Å². The Morgan fingerprint density at radius 1 is 1.07 bits per heavy atom. The molecular formula is C47H55Cl2F3N5O13PS. The first-order valence-corrected chi connectivity index (χ1v) is 26.8. The summed E-state index contributed by atoms with van der Waals surface area (Å²) in [5.74, 6) is -0.715. The first-order valence-electron chi connectivity index (χ1n) is 21.7. The smallest absolute Gasteiger partial charge is 0.416 e. The number of nitrogens with zero attached hydrogens (tertiary/aromatic N) is 3. The number of nitro benzene ring substituents is 1. The maximum absolute atomic E-state index is 12.8. The molecule has 1 heterocycles. The summed E-state index contributed by atoms with van der Waals surface area (Å²) in [5, 5.41) is 22.5. The van der Waals surface area contributed by atoms with Crippen LogP contribution in [0.3, 0.4) is 0 Å². The summed E-state index contributed by atoms with van der Waals surface area (Å²) in [5.41, 5.74) is 12.2. The minimum atomic E-state index is -4.71. The highest BCUT2D eigenvalue weighted by Crippen LogP contribution is 2.43. The second-order valence-electron chi connectivity index (χ2n) is 16.3. The molecule has 1 fully saturated rings. The fraction of sp³-hybridized carbons (Fsp3) is 0.362. The largest absolute Gasteiger partial charge is 0.480 e. The molecule has 18 nitrogen and oxygen atoms in total. The Morgan fingerprint density at radius 2 is 1.71 bits per heavy atom. The van der Waals surface area contributed by atoms with Gasteiger partial charge in [-0.3, -0.25) is 29.1 Å². The van der Waals surface area contributed by atoms with E-state index < -0.39 is 56.6 Å². The number of anilines is 2. The summed E-state index contributed by atoms with van der Waals surface area (Å²) >= 11 is 11.7. The van der Waals surface area contributed by atoms with E-state index in [9.17, 15) is 50.7 Å². The number of nitro groups is 1. The summed E-state index contributed by atoms with van der Waals surface area (Å²) in [6, 6.07) is 18.7. The first-order chi connectivity index (χ1) is 33.6. The van der Waals surface area contributed by atoms with E-state index in [2.05, 4.69) is 18.1 Å². The zero-order valence-electron chi connectivity index (χ0n) is 39.9. The van der Waals surface area contributed by atoms with Gasteiger partial charge in [-0.05, 0) is 87.1 Å². The van der Waals surface area contributed by atoms with Gasteiger partial charge in [0.25, 0.3) is 5.69 Å². The number of nitrogens with two attached hydrogens (primary N) is 2. The SMILES string of the molecule is CCc1cccc(C)c1N(C(=O)CCl)C(C)COC.CP(=O)(O)CCC(N)C(=O)O.CS(=O)(=O)c1cc(C(F)(F)F)ccc1C(=O)c1cnoc1C1CC1.Nc1c([N+](=O)[O-])ccc(Oc2ccccc2)c1Cl. The predicted molar refractivity (Wildman–Crippen MR) is 266 cm³/mol. The number of aryl methyl sites for hydroxylation is 2. The molecule has 0 bridgehead atoms. The third kappa shape index (κ3) is 17.7. The van der Waals surface area contributed by atoms with Crippen LogP contribution in [0, 0.1) is 17.0 Å². The van der Waals surface area contributed by atoms with Crippen molar-refractivity contribution >= 4 is 75.1 Å². The molecule has 1 aliphatic rings. The number of aromatic nitrogens is 1. The van der Waals surface area contributed by atoms with E-state index in [1.54, 1.807) is 36.3 Å². The number of alkyl halides is 4. The molecule has 0 radical (unpaired) electrons. The van der Waals surface area contributed by atoms with Crippen LogP contribution in [-0.2, 0) is 41.3 Å². The average molecular weight is 1090 g/mol. The number of nitrogen functional groups attached to an aromatic ring is 1. The molecule has 1 aliphatic carbocycles. The number of hydrogen-bond donors (Lipinski definition) is 4. The third-order valence-corrected chi connectivity index (χ3v) is 13.2. The molecule has 6 rings (SSSR count). The lowest BCUT2D eigenvalue weighted by Gasteiger charge is -2.31. The van der Waals surface area contributed by atoms with E-state index in [0.717, 1.165) is 48.4 Å². The monoisotopic (exact) mass is 1090 g/mol. The van der Waals surface area contributed by atoms with E-state index in [1.807, 2.05) is 32.0 Å². The number of carboxylic acids is 1. The number of aliphatic carboxylic acids is 1. The average Bonchev–Trinajstić information content (AvgIpc) is 4.04. The van der Waals surface area contributed by atoms with Gasteiger partial charge in [0.05, 0.1) is 45.5 Å². The highest BCUT2D eigenvalue weighted by Gasteiger charge is 2.36. The van der Waals surface area contributed by atoms with Gasteiger partial charge in [0.2, 0.25) is 5.91 Å². The van der Waals surface area contributed by atoms with Crippen molar-refractivity contribution in [1.82, 2.24) is 5.16 Å². The van der Waals surface area contributed by atoms with Crippen molar-refractivity contribution in [2.45, 2.75) is 75.5 Å². The number of carbonyl (C=O) groups is 3. The van der Waals surface area contributed by atoms with Gasteiger partial charge in [0.1, 0.15) is 34.1 Å². The van der Waals surface area contributed by atoms with Gasteiger partial charge in [0, 0.05) is 43.7 Å². The van der Waals surface area contributed by atoms with Crippen molar-refractivity contribution in [2.75, 3.05) is 49.3 Å². The lowest BCUT2D eigenvalue weighted by Crippen LogP contribution is -2.43. The maximum atomic E-state index is 12.8. The molecule has 5 aromatic rings. The van der Waals surface area contributed by atoms with E-state index >= 15 is 0 Å². The Bertz CT molecular complexity index is 2850. The summed E-state index contributed by atoms with van der Waals surface area (Å²) in [7, 11) is -5.51. The molecule has 72 heavy (non-hydrogen) atoms. The van der Waals surface area contributed by atoms with E-state index in [4.69, 9.17) is 58.7 Å². The molecule has 392 valence electrons. The number of halogens is 5. The maximum Gasteiger partial charge on any atom is 0.416 e. The quantitative estimate of drug-likeness (QED) is 0.0168. The van der Waals surface area contributed by atoms with E-state index in [0.29, 0.717) is 30.2 Å². The minimum absolute atomic E-state index is 0.0223. The molecule has 0 spiro atoms. The van der Waals surface area contributed by atoms with E-state index in [1.165, 1.54) is 25.0 Å². The Kier molecular flexibility index (Phi) is 22.4. The van der Waals surface area contributed by atoms with Gasteiger partial charge >= 0.3 is 12.1 Å². The molecule has 1 saturated carbocycles. The standard InChI is InChI=1S/C15H22ClNO2.C15H12F3NO4S.C12H9ClN2O3.C5H12NO4P/c1-5-13-8-6-7-11(2)15(13)17(14(18)9-16)12(3)10-19-4;1-24(21,22)12-6-9(15(16,17)18)4-5-10(12)13(20)11-7-19-23-14(11)8-2-3-8;13-11-10(18-8-4-2-1-3-5-8)7-6-9(12(11)14)15(16)17;1-11(9,10)3-2-4(6)5(7)8/h6-8,12H,5,9-10H2,1-4H3;4-8H,2-3H2,1H3;1-7H,14H2;4H,2-3,6H2,1H3,(H,7,8)(H,9,10). The van der Waals surface area contributed by atoms with Crippen LogP contribution in [0.15, 0.2) is 94.5 Å². The van der Waals surface area contributed by atoms with Gasteiger partial charge in [-0.25, -0.2) is 8.42 Å². The number of rotatable bonds is 17. The van der Waals surface area contributed by atoms with Crippen LogP contribution in [-0.4, -0.2) is 96.9 Å². The van der Waals surface area contributed by atoms with Gasteiger partial charge in [0.15, 0.2) is 28.7 Å². The van der Waals surface area contributed by atoms with Crippen molar-refractivity contribution < 1.29 is 69.5 Å². The van der Waals surface area contributed by atoms with Crippen LogP contribution in [0.5, 0.6) is 11.5 Å². The Balaban J connectivity index is 0.000000262. The molecule has 6 N–H and O–H groups in total. The number of carbonyl (C=O) groups excluding carboxylic acids is 2. The number of para-hydroxylation sites is 2. The number of sulfone groups is 1. The summed E-state index contributed by atoms with van der Waals surface area (Å²) in [4.78, 5) is 54.9. The van der Waals surface area contributed by atoms with Crippen molar-refractivity contribution in [3.63, 3.8) is 0 Å². The number of benzene rings is 4.